The molecule has 0 radical (unpaired) electrons. The molecule has 0 fully saturated rings. The normalized spacial score (nSPS) is 17.7. The summed E-state index contributed by atoms with van der Waals surface area (Å²) in [6.45, 7) is 0.904. The molecule has 0 bridgehead atoms. The molecule has 1 unspecified atom stereocenters. The van der Waals surface area contributed by atoms with Crippen molar-refractivity contribution in [2.24, 2.45) is 0 Å². The first kappa shape index (κ1) is 13.1. The Hall–Kier alpha value is -0.890. The van der Waals surface area contributed by atoms with Gasteiger partial charge in [0.25, 0.3) is 0 Å². The third kappa shape index (κ3) is 2.55. The van der Waals surface area contributed by atoms with E-state index in [9.17, 15) is 0 Å². The molecule has 3 rings (SSSR count). The van der Waals surface area contributed by atoms with Gasteiger partial charge in [-0.3, -0.25) is 0 Å². The topological polar surface area (TPSA) is 12.0 Å². The summed E-state index contributed by atoms with van der Waals surface area (Å²) in [6, 6.07) is 11.7. The van der Waals surface area contributed by atoms with Crippen molar-refractivity contribution in [2.45, 2.75) is 12.3 Å². The molecular weight excluding hydrogens is 301 g/mol. The van der Waals surface area contributed by atoms with Gasteiger partial charge in [0.2, 0.25) is 0 Å². The molecule has 1 nitrogen and oxygen atoms in total. The zero-order valence-corrected chi connectivity index (χ0v) is 12.4. The van der Waals surface area contributed by atoms with Gasteiger partial charge in [0, 0.05) is 38.8 Å². The minimum absolute atomic E-state index is 0.264. The molecule has 1 atom stereocenters. The van der Waals surface area contributed by atoms with E-state index in [-0.39, 0.29) is 5.92 Å². The second-order valence-corrected chi connectivity index (χ2v) is 5.95. The second kappa shape index (κ2) is 5.24. The summed E-state index contributed by atoms with van der Waals surface area (Å²) >= 11 is 18.5. The third-order valence-corrected chi connectivity index (χ3v) is 4.21. The molecule has 1 aliphatic rings. The van der Waals surface area contributed by atoms with Crippen molar-refractivity contribution in [1.29, 1.82) is 0 Å². The van der Waals surface area contributed by atoms with E-state index in [0.717, 1.165) is 29.2 Å². The monoisotopic (exact) mass is 311 g/mol. The Kier molecular flexibility index (Phi) is 3.62. The summed E-state index contributed by atoms with van der Waals surface area (Å²) in [7, 11) is 0. The first-order valence-electron chi connectivity index (χ1n) is 6.13. The van der Waals surface area contributed by atoms with Crippen LogP contribution in [0.2, 0.25) is 15.1 Å². The molecule has 1 heterocycles. The van der Waals surface area contributed by atoms with Crippen molar-refractivity contribution in [3.63, 3.8) is 0 Å². The highest BCUT2D eigenvalue weighted by Gasteiger charge is 2.24. The van der Waals surface area contributed by atoms with Gasteiger partial charge in [0.05, 0.1) is 0 Å². The van der Waals surface area contributed by atoms with Crippen LogP contribution in [0, 0.1) is 0 Å². The van der Waals surface area contributed by atoms with Gasteiger partial charge >= 0.3 is 0 Å². The van der Waals surface area contributed by atoms with Crippen molar-refractivity contribution in [3.05, 3.63) is 62.6 Å². The highest BCUT2D eigenvalue weighted by atomic mass is 35.5. The van der Waals surface area contributed by atoms with Crippen LogP contribution in [0.25, 0.3) is 0 Å². The number of benzene rings is 2. The Bertz CT molecular complexity index is 625. The van der Waals surface area contributed by atoms with Crippen molar-refractivity contribution >= 4 is 40.5 Å². The minimum Gasteiger partial charge on any atom is -0.385 e. The Morgan fingerprint density at radius 1 is 1.00 bits per heavy atom. The van der Waals surface area contributed by atoms with Crippen molar-refractivity contribution in [1.82, 2.24) is 0 Å². The van der Waals surface area contributed by atoms with Crippen LogP contribution in [-0.2, 0) is 0 Å². The van der Waals surface area contributed by atoms with E-state index in [2.05, 4.69) is 11.4 Å². The molecule has 4 heteroatoms. The highest BCUT2D eigenvalue weighted by molar-refractivity contribution is 6.35. The van der Waals surface area contributed by atoms with Gasteiger partial charge < -0.3 is 5.32 Å². The van der Waals surface area contributed by atoms with Crippen LogP contribution in [0.5, 0.6) is 0 Å². The van der Waals surface area contributed by atoms with E-state index in [1.165, 1.54) is 5.56 Å². The SMILES string of the molecule is Clc1cccc(C2CCNc3cc(Cl)cc(Cl)c32)c1. The van der Waals surface area contributed by atoms with E-state index >= 15 is 0 Å². The van der Waals surface area contributed by atoms with Gasteiger partial charge in [-0.1, -0.05) is 46.9 Å². The molecule has 0 aliphatic carbocycles. The fourth-order valence-corrected chi connectivity index (χ4v) is 3.46. The number of nitrogens with one attached hydrogen (secondary N) is 1. The summed E-state index contributed by atoms with van der Waals surface area (Å²) in [5.74, 6) is 0.264. The zero-order valence-electron chi connectivity index (χ0n) is 10.1. The van der Waals surface area contributed by atoms with Crippen molar-refractivity contribution < 1.29 is 0 Å². The second-order valence-electron chi connectivity index (χ2n) is 4.67. The number of fused-ring (bicyclic) bond motifs is 1. The van der Waals surface area contributed by atoms with Crippen molar-refractivity contribution in [3.8, 4) is 0 Å². The van der Waals surface area contributed by atoms with E-state index < -0.39 is 0 Å². The number of hydrogen-bond donors (Lipinski definition) is 1. The standard InChI is InChI=1S/C15H12Cl3N/c16-10-3-1-2-9(6-10)12-4-5-19-14-8-11(17)7-13(18)15(12)14/h1-3,6-8,12,19H,4-5H2. The fraction of sp³-hybridized carbons (Fsp3) is 0.200. The fourth-order valence-electron chi connectivity index (χ4n) is 2.64. The lowest BCUT2D eigenvalue weighted by Crippen LogP contribution is -2.18. The van der Waals surface area contributed by atoms with Crippen LogP contribution in [0.1, 0.15) is 23.5 Å². The first-order valence-corrected chi connectivity index (χ1v) is 7.27. The summed E-state index contributed by atoms with van der Waals surface area (Å²) in [6.07, 6.45) is 0.995. The van der Waals surface area contributed by atoms with Crippen molar-refractivity contribution in [2.75, 3.05) is 11.9 Å². The molecule has 1 N–H and O–H groups in total. The Balaban J connectivity index is 2.12. The van der Waals surface area contributed by atoms with Crippen LogP contribution >= 0.6 is 34.8 Å². The molecule has 0 amide bonds. The quantitative estimate of drug-likeness (QED) is 0.723. The molecule has 2 aromatic carbocycles. The van der Waals surface area contributed by atoms with Gasteiger partial charge in [0.15, 0.2) is 0 Å². The first-order chi connectivity index (χ1) is 9.15. The molecule has 19 heavy (non-hydrogen) atoms. The lowest BCUT2D eigenvalue weighted by atomic mass is 9.85. The van der Waals surface area contributed by atoms with E-state index in [1.807, 2.05) is 24.3 Å². The number of rotatable bonds is 1. The maximum atomic E-state index is 6.37. The lowest BCUT2D eigenvalue weighted by Gasteiger charge is -2.28. The summed E-state index contributed by atoms with van der Waals surface area (Å²) in [5, 5.41) is 5.47. The van der Waals surface area contributed by atoms with Crippen LogP contribution in [-0.4, -0.2) is 6.54 Å². The molecular formula is C15H12Cl3N. The predicted molar refractivity (Wildman–Crippen MR) is 82.9 cm³/mol. The maximum absolute atomic E-state index is 6.37. The van der Waals surface area contributed by atoms with Gasteiger partial charge in [-0.2, -0.15) is 0 Å². The van der Waals surface area contributed by atoms with Crippen LogP contribution in [0.15, 0.2) is 36.4 Å². The lowest BCUT2D eigenvalue weighted by molar-refractivity contribution is 0.720. The number of halogens is 3. The summed E-state index contributed by atoms with van der Waals surface area (Å²) < 4.78 is 0. The zero-order chi connectivity index (χ0) is 13.4. The van der Waals surface area contributed by atoms with Crippen LogP contribution < -0.4 is 5.32 Å². The summed E-state index contributed by atoms with van der Waals surface area (Å²) in [4.78, 5) is 0. The van der Waals surface area contributed by atoms with E-state index in [4.69, 9.17) is 34.8 Å². The molecule has 0 aromatic heterocycles. The minimum atomic E-state index is 0.264. The average Bonchev–Trinajstić information content (AvgIpc) is 2.37. The predicted octanol–water partition coefficient (Wildman–Crippen LogP) is 5.59. The van der Waals surface area contributed by atoms with Gasteiger partial charge in [0.1, 0.15) is 0 Å². The maximum Gasteiger partial charge on any atom is 0.0479 e. The largest absolute Gasteiger partial charge is 0.385 e. The Labute approximate surface area is 127 Å². The van der Waals surface area contributed by atoms with E-state index in [1.54, 1.807) is 6.07 Å². The van der Waals surface area contributed by atoms with Crippen LogP contribution in [0.4, 0.5) is 5.69 Å². The summed E-state index contributed by atoms with van der Waals surface area (Å²) in [5.41, 5.74) is 3.33. The number of anilines is 1. The third-order valence-electron chi connectivity index (χ3n) is 3.44. The molecule has 1 aliphatic heterocycles. The van der Waals surface area contributed by atoms with Crippen LogP contribution in [0.3, 0.4) is 0 Å². The average molecular weight is 313 g/mol. The highest BCUT2D eigenvalue weighted by Crippen LogP contribution is 2.42. The Morgan fingerprint density at radius 2 is 1.84 bits per heavy atom. The smallest absolute Gasteiger partial charge is 0.0479 e. The molecule has 0 saturated heterocycles. The van der Waals surface area contributed by atoms with E-state index in [0.29, 0.717) is 10.0 Å². The van der Waals surface area contributed by atoms with Gasteiger partial charge in [-0.25, -0.2) is 0 Å². The molecule has 98 valence electrons. The molecule has 2 aromatic rings. The molecule has 0 spiro atoms. The Morgan fingerprint density at radius 3 is 2.63 bits per heavy atom. The van der Waals surface area contributed by atoms with Gasteiger partial charge in [-0.15, -0.1) is 0 Å². The number of hydrogen-bond acceptors (Lipinski definition) is 1. The molecule has 0 saturated carbocycles. The van der Waals surface area contributed by atoms with Gasteiger partial charge in [-0.05, 0) is 36.2 Å².